The number of phenolic OH excluding ortho intramolecular Hbond substituents is 1. The van der Waals surface area contributed by atoms with E-state index in [2.05, 4.69) is 5.32 Å². The molecule has 3 N–H and O–H groups in total. The van der Waals surface area contributed by atoms with E-state index < -0.39 is 5.60 Å². The molecule has 15 heavy (non-hydrogen) atoms. The fourth-order valence-electron chi connectivity index (χ4n) is 2.09. The molecule has 0 atom stereocenters. The highest BCUT2D eigenvalue weighted by molar-refractivity contribution is 5.47. The van der Waals surface area contributed by atoms with Gasteiger partial charge in [0.15, 0.2) is 0 Å². The molecule has 1 aliphatic rings. The molecule has 0 spiro atoms. The Hall–Kier alpha value is -1.22. The number of anilines is 1. The van der Waals surface area contributed by atoms with E-state index in [4.69, 9.17) is 0 Å². The molecular formula is C12H17NO2. The van der Waals surface area contributed by atoms with Crippen LogP contribution in [0.15, 0.2) is 24.3 Å². The molecule has 0 bridgehead atoms. The van der Waals surface area contributed by atoms with Gasteiger partial charge < -0.3 is 15.5 Å². The number of phenols is 1. The third kappa shape index (κ3) is 2.63. The first kappa shape index (κ1) is 10.3. The Labute approximate surface area is 89.8 Å². The molecule has 0 heterocycles. The van der Waals surface area contributed by atoms with Crippen molar-refractivity contribution in [1.29, 1.82) is 0 Å². The summed E-state index contributed by atoms with van der Waals surface area (Å²) in [5, 5.41) is 22.5. The first-order valence-corrected chi connectivity index (χ1v) is 5.43. The van der Waals surface area contributed by atoms with Crippen molar-refractivity contribution >= 4 is 5.69 Å². The van der Waals surface area contributed by atoms with Gasteiger partial charge in [0.1, 0.15) is 5.75 Å². The number of hydrogen-bond donors (Lipinski definition) is 3. The van der Waals surface area contributed by atoms with Crippen LogP contribution in [0.1, 0.15) is 25.7 Å². The van der Waals surface area contributed by atoms with Crippen LogP contribution in [0, 0.1) is 0 Å². The van der Waals surface area contributed by atoms with Crippen molar-refractivity contribution in [2.45, 2.75) is 31.3 Å². The summed E-state index contributed by atoms with van der Waals surface area (Å²) in [6.45, 7) is 0.566. The molecule has 0 unspecified atom stereocenters. The Balaban J connectivity index is 1.92. The lowest BCUT2D eigenvalue weighted by molar-refractivity contribution is 0.0614. The summed E-state index contributed by atoms with van der Waals surface area (Å²) < 4.78 is 0. The quantitative estimate of drug-likeness (QED) is 0.711. The fraction of sp³-hybridized carbons (Fsp3) is 0.500. The zero-order valence-corrected chi connectivity index (χ0v) is 8.74. The smallest absolute Gasteiger partial charge is 0.117 e. The Bertz CT molecular complexity index is 332. The van der Waals surface area contributed by atoms with Crippen LogP contribution in [0.4, 0.5) is 5.69 Å². The molecule has 1 aromatic rings. The molecule has 0 aromatic heterocycles. The van der Waals surface area contributed by atoms with Gasteiger partial charge in [-0.2, -0.15) is 0 Å². The highest BCUT2D eigenvalue weighted by atomic mass is 16.3. The van der Waals surface area contributed by atoms with Crippen molar-refractivity contribution in [3.8, 4) is 5.75 Å². The molecule has 1 fully saturated rings. The molecule has 1 aromatic carbocycles. The van der Waals surface area contributed by atoms with Crippen molar-refractivity contribution < 1.29 is 10.2 Å². The molecule has 1 saturated carbocycles. The third-order valence-electron chi connectivity index (χ3n) is 3.00. The Morgan fingerprint density at radius 2 is 2.00 bits per heavy atom. The van der Waals surface area contributed by atoms with Crippen molar-refractivity contribution in [2.75, 3.05) is 11.9 Å². The van der Waals surface area contributed by atoms with Crippen LogP contribution < -0.4 is 5.32 Å². The van der Waals surface area contributed by atoms with Crippen molar-refractivity contribution in [3.63, 3.8) is 0 Å². The molecular weight excluding hydrogens is 190 g/mol. The zero-order valence-electron chi connectivity index (χ0n) is 8.74. The standard InChI is InChI=1S/C12H17NO2/c14-11-5-3-4-10(8-11)13-9-12(15)6-1-2-7-12/h3-5,8,13-15H,1-2,6-7,9H2. The van der Waals surface area contributed by atoms with Gasteiger partial charge in [0.25, 0.3) is 0 Å². The maximum Gasteiger partial charge on any atom is 0.117 e. The lowest BCUT2D eigenvalue weighted by atomic mass is 10.0. The topological polar surface area (TPSA) is 52.5 Å². The molecule has 3 heteroatoms. The minimum absolute atomic E-state index is 0.249. The van der Waals surface area contributed by atoms with Gasteiger partial charge in [0.2, 0.25) is 0 Å². The summed E-state index contributed by atoms with van der Waals surface area (Å²) in [5.74, 6) is 0.249. The van der Waals surface area contributed by atoms with Gasteiger partial charge in [-0.05, 0) is 25.0 Å². The van der Waals surface area contributed by atoms with Gasteiger partial charge in [-0.25, -0.2) is 0 Å². The average molecular weight is 207 g/mol. The summed E-state index contributed by atoms with van der Waals surface area (Å²) in [5.41, 5.74) is 0.307. The second-order valence-electron chi connectivity index (χ2n) is 4.34. The number of hydrogen-bond acceptors (Lipinski definition) is 3. The van der Waals surface area contributed by atoms with Crippen LogP contribution in [-0.2, 0) is 0 Å². The summed E-state index contributed by atoms with van der Waals surface area (Å²) >= 11 is 0. The second-order valence-corrected chi connectivity index (χ2v) is 4.34. The number of nitrogens with one attached hydrogen (secondary N) is 1. The molecule has 0 saturated heterocycles. The summed E-state index contributed by atoms with van der Waals surface area (Å²) in [6, 6.07) is 6.97. The van der Waals surface area contributed by atoms with Crippen molar-refractivity contribution in [2.24, 2.45) is 0 Å². The van der Waals surface area contributed by atoms with Crippen LogP contribution in [0.3, 0.4) is 0 Å². The van der Waals surface area contributed by atoms with Crippen LogP contribution >= 0.6 is 0 Å². The van der Waals surface area contributed by atoms with E-state index in [0.717, 1.165) is 31.4 Å². The number of aromatic hydroxyl groups is 1. The first-order valence-electron chi connectivity index (χ1n) is 5.43. The number of benzene rings is 1. The van der Waals surface area contributed by atoms with Gasteiger partial charge in [0, 0.05) is 18.3 Å². The van der Waals surface area contributed by atoms with E-state index in [-0.39, 0.29) is 5.75 Å². The van der Waals surface area contributed by atoms with E-state index >= 15 is 0 Å². The predicted octanol–water partition coefficient (Wildman–Crippen LogP) is 2.11. The van der Waals surface area contributed by atoms with Gasteiger partial charge in [-0.1, -0.05) is 18.9 Å². The Morgan fingerprint density at radius 1 is 1.27 bits per heavy atom. The maximum atomic E-state index is 10.1. The lowest BCUT2D eigenvalue weighted by Crippen LogP contribution is -2.33. The zero-order chi connectivity index (χ0) is 10.7. The lowest BCUT2D eigenvalue weighted by Gasteiger charge is -2.23. The summed E-state index contributed by atoms with van der Waals surface area (Å²) in [7, 11) is 0. The third-order valence-corrected chi connectivity index (χ3v) is 3.00. The summed E-state index contributed by atoms with van der Waals surface area (Å²) in [4.78, 5) is 0. The molecule has 0 amide bonds. The molecule has 0 radical (unpaired) electrons. The number of rotatable bonds is 3. The van der Waals surface area contributed by atoms with E-state index in [9.17, 15) is 10.2 Å². The van der Waals surface area contributed by atoms with E-state index in [1.165, 1.54) is 0 Å². The highest BCUT2D eigenvalue weighted by Gasteiger charge is 2.30. The van der Waals surface area contributed by atoms with E-state index in [0.29, 0.717) is 6.54 Å². The van der Waals surface area contributed by atoms with Crippen LogP contribution in [-0.4, -0.2) is 22.4 Å². The largest absolute Gasteiger partial charge is 0.508 e. The van der Waals surface area contributed by atoms with Crippen LogP contribution in [0.2, 0.25) is 0 Å². The monoisotopic (exact) mass is 207 g/mol. The normalized spacial score (nSPS) is 19.0. The Morgan fingerprint density at radius 3 is 2.67 bits per heavy atom. The van der Waals surface area contributed by atoms with Gasteiger partial charge in [0.05, 0.1) is 5.60 Å². The van der Waals surface area contributed by atoms with Gasteiger partial charge in [-0.15, -0.1) is 0 Å². The van der Waals surface area contributed by atoms with Crippen molar-refractivity contribution in [3.05, 3.63) is 24.3 Å². The minimum atomic E-state index is -0.550. The second kappa shape index (κ2) is 4.11. The van der Waals surface area contributed by atoms with Gasteiger partial charge >= 0.3 is 0 Å². The SMILES string of the molecule is Oc1cccc(NCC2(O)CCCC2)c1. The van der Waals surface area contributed by atoms with E-state index in [1.807, 2.05) is 6.07 Å². The molecule has 2 rings (SSSR count). The summed E-state index contributed by atoms with van der Waals surface area (Å²) in [6.07, 6.45) is 3.97. The number of aliphatic hydroxyl groups is 1. The maximum absolute atomic E-state index is 10.1. The molecule has 0 aliphatic heterocycles. The Kier molecular flexibility index (Phi) is 2.82. The average Bonchev–Trinajstić information content (AvgIpc) is 2.63. The van der Waals surface area contributed by atoms with Crippen LogP contribution in [0.5, 0.6) is 5.75 Å². The minimum Gasteiger partial charge on any atom is -0.508 e. The highest BCUT2D eigenvalue weighted by Crippen LogP contribution is 2.29. The first-order chi connectivity index (χ1) is 7.18. The van der Waals surface area contributed by atoms with Crippen molar-refractivity contribution in [1.82, 2.24) is 0 Å². The predicted molar refractivity (Wildman–Crippen MR) is 60.0 cm³/mol. The van der Waals surface area contributed by atoms with Crippen LogP contribution in [0.25, 0.3) is 0 Å². The fourth-order valence-corrected chi connectivity index (χ4v) is 2.09. The van der Waals surface area contributed by atoms with E-state index in [1.54, 1.807) is 18.2 Å². The van der Waals surface area contributed by atoms with Gasteiger partial charge in [-0.3, -0.25) is 0 Å². The molecule has 82 valence electrons. The molecule has 1 aliphatic carbocycles. The molecule has 3 nitrogen and oxygen atoms in total.